The van der Waals surface area contributed by atoms with Gasteiger partial charge in [0.2, 0.25) is 0 Å². The van der Waals surface area contributed by atoms with Crippen LogP contribution in [-0.4, -0.2) is 59.3 Å². The Morgan fingerprint density at radius 1 is 1.43 bits per heavy atom. The molecule has 0 spiro atoms. The van der Waals surface area contributed by atoms with Crippen LogP contribution in [-0.2, 0) is 14.3 Å². The lowest BCUT2D eigenvalue weighted by Gasteiger charge is -2.47. The Morgan fingerprint density at radius 3 is 2.71 bits per heavy atom. The lowest BCUT2D eigenvalue weighted by Crippen LogP contribution is -2.62. The number of halogens is 3. The van der Waals surface area contributed by atoms with E-state index in [1.807, 2.05) is 0 Å². The second-order valence-electron chi connectivity index (χ2n) is 5.56. The molecule has 0 aliphatic carbocycles. The van der Waals surface area contributed by atoms with E-state index in [0.717, 1.165) is 0 Å². The summed E-state index contributed by atoms with van der Waals surface area (Å²) < 4.78 is 49.1. The number of carbonyl (C=O) groups excluding carboxylic acids is 1. The predicted molar refractivity (Wildman–Crippen MR) is 66.2 cm³/mol. The summed E-state index contributed by atoms with van der Waals surface area (Å²) in [7, 11) is 0. The minimum Gasteiger partial charge on any atom is -0.386 e. The Labute approximate surface area is 120 Å². The van der Waals surface area contributed by atoms with Gasteiger partial charge < -0.3 is 19.5 Å². The van der Waals surface area contributed by atoms with Crippen LogP contribution < -0.4 is 0 Å². The molecule has 2 heterocycles. The molecule has 2 rings (SSSR count). The van der Waals surface area contributed by atoms with Crippen LogP contribution in [0.3, 0.4) is 0 Å². The Morgan fingerprint density at radius 2 is 2.10 bits per heavy atom. The van der Waals surface area contributed by atoms with E-state index in [1.165, 1.54) is 6.08 Å². The normalized spacial score (nSPS) is 34.6. The third kappa shape index (κ3) is 3.56. The first-order valence-electron chi connectivity index (χ1n) is 6.66. The largest absolute Gasteiger partial charge is 0.471 e. The Hall–Kier alpha value is -1.12. The summed E-state index contributed by atoms with van der Waals surface area (Å²) in [4.78, 5) is 12.3. The zero-order chi connectivity index (χ0) is 15.8. The summed E-state index contributed by atoms with van der Waals surface area (Å²) >= 11 is 0. The SMILES string of the molecule is CC1(C)OC[C@@H]2[C@@H](O1)[C@H](O)/C=C\CCN2C(=O)C(F)(F)F. The molecule has 0 unspecified atom stereocenters. The maximum atomic E-state index is 12.7. The molecule has 1 saturated heterocycles. The molecule has 0 aromatic rings. The Balaban J connectivity index is 2.30. The summed E-state index contributed by atoms with van der Waals surface area (Å²) in [6, 6.07) is -0.980. The smallest absolute Gasteiger partial charge is 0.386 e. The summed E-state index contributed by atoms with van der Waals surface area (Å²) in [5.74, 6) is -2.96. The molecule has 1 fully saturated rings. The number of amides is 1. The maximum absolute atomic E-state index is 12.7. The molecule has 0 bridgehead atoms. The van der Waals surface area contributed by atoms with Gasteiger partial charge in [-0.3, -0.25) is 4.79 Å². The van der Waals surface area contributed by atoms with Crippen LogP contribution in [0, 0.1) is 0 Å². The van der Waals surface area contributed by atoms with E-state index in [9.17, 15) is 23.1 Å². The molecule has 0 aromatic carbocycles. The average Bonchev–Trinajstić information content (AvgIpc) is 2.35. The van der Waals surface area contributed by atoms with Crippen molar-refractivity contribution in [1.29, 1.82) is 0 Å². The molecule has 8 heteroatoms. The third-order valence-electron chi connectivity index (χ3n) is 3.51. The van der Waals surface area contributed by atoms with Crippen molar-refractivity contribution in [2.75, 3.05) is 13.2 Å². The Kier molecular flexibility index (Phi) is 4.32. The van der Waals surface area contributed by atoms with Crippen LogP contribution in [0.1, 0.15) is 20.3 Å². The number of aliphatic hydroxyl groups excluding tert-OH is 1. The highest BCUT2D eigenvalue weighted by molar-refractivity contribution is 5.82. The van der Waals surface area contributed by atoms with E-state index in [-0.39, 0.29) is 19.6 Å². The van der Waals surface area contributed by atoms with Crippen LogP contribution in [0.25, 0.3) is 0 Å². The molecule has 2 aliphatic heterocycles. The highest BCUT2D eigenvalue weighted by Crippen LogP contribution is 2.31. The lowest BCUT2D eigenvalue weighted by atomic mass is 9.99. The van der Waals surface area contributed by atoms with E-state index < -0.39 is 36.1 Å². The van der Waals surface area contributed by atoms with Gasteiger partial charge in [-0.1, -0.05) is 12.2 Å². The van der Waals surface area contributed by atoms with Gasteiger partial charge in [-0.05, 0) is 20.3 Å². The van der Waals surface area contributed by atoms with Crippen molar-refractivity contribution in [1.82, 2.24) is 4.90 Å². The third-order valence-corrected chi connectivity index (χ3v) is 3.51. The molecular formula is C13H18F3NO4. The fourth-order valence-electron chi connectivity index (χ4n) is 2.53. The highest BCUT2D eigenvalue weighted by Gasteiger charge is 2.50. The topological polar surface area (TPSA) is 59.0 Å². The molecule has 0 saturated carbocycles. The van der Waals surface area contributed by atoms with Gasteiger partial charge in [0.05, 0.1) is 12.6 Å². The van der Waals surface area contributed by atoms with Crippen molar-refractivity contribution < 1.29 is 32.5 Å². The van der Waals surface area contributed by atoms with Crippen LogP contribution in [0.5, 0.6) is 0 Å². The van der Waals surface area contributed by atoms with Gasteiger partial charge in [-0.25, -0.2) is 0 Å². The minimum absolute atomic E-state index is 0.101. The lowest BCUT2D eigenvalue weighted by molar-refractivity contribution is -0.306. The van der Waals surface area contributed by atoms with Crippen LogP contribution >= 0.6 is 0 Å². The summed E-state index contributed by atoms with van der Waals surface area (Å²) in [6.45, 7) is 2.99. The van der Waals surface area contributed by atoms with Crippen LogP contribution in [0.15, 0.2) is 12.2 Å². The van der Waals surface area contributed by atoms with E-state index >= 15 is 0 Å². The summed E-state index contributed by atoms with van der Waals surface area (Å²) in [6.07, 6.45) is -3.77. The number of fused-ring (bicyclic) bond motifs is 1. The first-order chi connectivity index (χ1) is 9.62. The predicted octanol–water partition coefficient (Wildman–Crippen LogP) is 1.22. The number of alkyl halides is 3. The molecule has 0 aromatic heterocycles. The summed E-state index contributed by atoms with van der Waals surface area (Å²) in [5.41, 5.74) is 0. The Bertz CT molecular complexity index is 436. The molecule has 120 valence electrons. The van der Waals surface area contributed by atoms with Crippen molar-refractivity contribution >= 4 is 5.91 Å². The van der Waals surface area contributed by atoms with E-state index in [2.05, 4.69) is 0 Å². The molecule has 1 amide bonds. The van der Waals surface area contributed by atoms with E-state index in [0.29, 0.717) is 4.90 Å². The molecule has 0 radical (unpaired) electrons. The number of nitrogens with zero attached hydrogens (tertiary/aromatic N) is 1. The maximum Gasteiger partial charge on any atom is 0.471 e. The van der Waals surface area contributed by atoms with Gasteiger partial charge in [-0.2, -0.15) is 13.2 Å². The molecular weight excluding hydrogens is 291 g/mol. The van der Waals surface area contributed by atoms with Gasteiger partial charge >= 0.3 is 12.1 Å². The second-order valence-corrected chi connectivity index (χ2v) is 5.56. The minimum atomic E-state index is -4.97. The standard InChI is InChI=1S/C13H18F3NO4/c1-12(2)20-7-8-10(21-12)9(18)5-3-4-6-17(8)11(19)13(14,15)16/h3,5,8-10,18H,4,6-7H2,1-2H3/b5-3-/t8-,9-,10-/m1/s1. The van der Waals surface area contributed by atoms with Crippen molar-refractivity contribution in [3.63, 3.8) is 0 Å². The number of hydrogen-bond acceptors (Lipinski definition) is 4. The monoisotopic (exact) mass is 309 g/mol. The van der Waals surface area contributed by atoms with Crippen molar-refractivity contribution in [3.05, 3.63) is 12.2 Å². The first kappa shape index (κ1) is 16.3. The second kappa shape index (κ2) is 5.58. The zero-order valence-corrected chi connectivity index (χ0v) is 11.8. The van der Waals surface area contributed by atoms with Crippen molar-refractivity contribution in [2.45, 2.75) is 50.5 Å². The van der Waals surface area contributed by atoms with Crippen molar-refractivity contribution in [3.8, 4) is 0 Å². The van der Waals surface area contributed by atoms with Gasteiger partial charge in [0.15, 0.2) is 5.79 Å². The number of aliphatic hydroxyl groups is 1. The fraction of sp³-hybridized carbons (Fsp3) is 0.769. The van der Waals surface area contributed by atoms with Crippen LogP contribution in [0.4, 0.5) is 13.2 Å². The average molecular weight is 309 g/mol. The van der Waals surface area contributed by atoms with Gasteiger partial charge in [0.25, 0.3) is 0 Å². The van der Waals surface area contributed by atoms with Crippen LogP contribution in [0.2, 0.25) is 0 Å². The zero-order valence-electron chi connectivity index (χ0n) is 11.8. The molecule has 3 atom stereocenters. The molecule has 5 nitrogen and oxygen atoms in total. The quantitative estimate of drug-likeness (QED) is 0.684. The summed E-state index contributed by atoms with van der Waals surface area (Å²) in [5, 5.41) is 10.1. The van der Waals surface area contributed by atoms with Gasteiger partial charge in [-0.15, -0.1) is 0 Å². The number of carbonyl (C=O) groups is 1. The molecule has 21 heavy (non-hydrogen) atoms. The van der Waals surface area contributed by atoms with Gasteiger partial charge in [0, 0.05) is 6.54 Å². The van der Waals surface area contributed by atoms with E-state index in [1.54, 1.807) is 19.9 Å². The highest BCUT2D eigenvalue weighted by atomic mass is 19.4. The number of ether oxygens (including phenoxy) is 2. The number of hydrogen-bond donors (Lipinski definition) is 1. The molecule has 2 aliphatic rings. The fourth-order valence-corrected chi connectivity index (χ4v) is 2.53. The molecule has 1 N–H and O–H groups in total. The van der Waals surface area contributed by atoms with Crippen molar-refractivity contribution in [2.24, 2.45) is 0 Å². The van der Waals surface area contributed by atoms with E-state index in [4.69, 9.17) is 9.47 Å². The first-order valence-corrected chi connectivity index (χ1v) is 6.66. The van der Waals surface area contributed by atoms with Gasteiger partial charge in [0.1, 0.15) is 12.2 Å². The number of rotatable bonds is 0.